The van der Waals surface area contributed by atoms with Crippen molar-refractivity contribution in [3.63, 3.8) is 0 Å². The van der Waals surface area contributed by atoms with Gasteiger partial charge in [-0.3, -0.25) is 0 Å². The minimum absolute atomic E-state index is 0.151. The van der Waals surface area contributed by atoms with E-state index in [4.69, 9.17) is 0 Å². The summed E-state index contributed by atoms with van der Waals surface area (Å²) in [6.07, 6.45) is 0. The van der Waals surface area contributed by atoms with Gasteiger partial charge in [0.25, 0.3) is 0 Å². The van der Waals surface area contributed by atoms with Crippen molar-refractivity contribution >= 4 is 7.81 Å². The molecule has 118 valence electrons. The van der Waals surface area contributed by atoms with Crippen molar-refractivity contribution in [1.82, 2.24) is 0 Å². The van der Waals surface area contributed by atoms with Crippen molar-refractivity contribution in [2.75, 3.05) is 0 Å². The van der Waals surface area contributed by atoms with E-state index in [1.54, 1.807) is 0 Å². The Balaban J connectivity index is 0.000000270. The monoisotopic (exact) mass is 444 g/mol. The number of halogens is 8. The second-order valence-electron chi connectivity index (χ2n) is 3.78. The molecule has 0 aromatic heterocycles. The molecule has 0 saturated carbocycles. The van der Waals surface area contributed by atoms with E-state index in [0.29, 0.717) is 0 Å². The van der Waals surface area contributed by atoms with Crippen molar-refractivity contribution in [1.29, 1.82) is 0 Å². The summed E-state index contributed by atoms with van der Waals surface area (Å²) < 4.78 is 74.4. The maximum atomic E-state index is 12.6. The van der Waals surface area contributed by atoms with Gasteiger partial charge in [-0.05, 0) is 36.4 Å². The molecule has 2 aromatic carbocycles. The maximum absolute atomic E-state index is 12.6. The first-order chi connectivity index (χ1) is 9.29. The van der Waals surface area contributed by atoms with Crippen LogP contribution in [0.5, 0.6) is 0 Å². The van der Waals surface area contributed by atoms with Crippen molar-refractivity contribution < 1.29 is 50.8 Å². The quantitative estimate of drug-likeness (QED) is 0.379. The predicted octanol–water partition coefficient (Wildman–Crippen LogP) is 3.34. The van der Waals surface area contributed by atoms with Crippen molar-refractivity contribution in [3.8, 4) is 0 Å². The Hall–Kier alpha value is -0.890. The topological polar surface area (TPSA) is 0 Å². The smallest absolute Gasteiger partial charge is 0.207 e. The number of rotatable bonds is 2. The first-order valence-electron chi connectivity index (χ1n) is 5.31. The molecule has 0 fully saturated rings. The Labute approximate surface area is 126 Å². The van der Waals surface area contributed by atoms with Gasteiger partial charge in [-0.2, -0.15) is 0 Å². The molecule has 0 aliphatic rings. The van der Waals surface area contributed by atoms with Crippen LogP contribution in [-0.4, -0.2) is 0 Å². The summed E-state index contributed by atoms with van der Waals surface area (Å²) in [7, 11) is -10.7. The molecule has 0 atom stereocenters. The molecule has 0 amide bonds. The van der Waals surface area contributed by atoms with E-state index in [1.807, 2.05) is 30.3 Å². The predicted molar refractivity (Wildman–Crippen MR) is 63.8 cm³/mol. The van der Waals surface area contributed by atoms with E-state index in [9.17, 15) is 29.6 Å². The molecular formula is C12H9F7IP. The molecule has 21 heavy (non-hydrogen) atoms. The summed E-state index contributed by atoms with van der Waals surface area (Å²) in [6, 6.07) is 17.1. The van der Waals surface area contributed by atoms with Crippen LogP contribution >= 0.6 is 7.81 Å². The molecule has 0 aliphatic heterocycles. The second-order valence-corrected chi connectivity index (χ2v) is 8.73. The van der Waals surface area contributed by atoms with Gasteiger partial charge in [0.1, 0.15) is 5.82 Å². The summed E-state index contributed by atoms with van der Waals surface area (Å²) >= 11 is -0.151. The Morgan fingerprint density at radius 2 is 1.00 bits per heavy atom. The largest absolute Gasteiger partial charge is 0.357 e. The Kier molecular flexibility index (Phi) is 4.94. The van der Waals surface area contributed by atoms with Crippen molar-refractivity contribution in [2.24, 2.45) is 0 Å². The fourth-order valence-electron chi connectivity index (χ4n) is 1.10. The molecule has 0 nitrogen and oxygen atoms in total. The van der Waals surface area contributed by atoms with Crippen molar-refractivity contribution in [2.45, 2.75) is 0 Å². The third kappa shape index (κ3) is 12.6. The van der Waals surface area contributed by atoms with Crippen LogP contribution < -0.4 is 21.2 Å². The minimum atomic E-state index is -10.7. The molecule has 0 bridgehead atoms. The molecule has 0 saturated heterocycles. The minimum Gasteiger partial charge on any atom is -0.207 e. The van der Waals surface area contributed by atoms with E-state index in [-0.39, 0.29) is 27.0 Å². The molecule has 0 unspecified atom stereocenters. The molecule has 0 heterocycles. The van der Waals surface area contributed by atoms with Crippen LogP contribution in [0.3, 0.4) is 0 Å². The zero-order chi connectivity index (χ0) is 16.2. The Morgan fingerprint density at radius 1 is 0.619 bits per heavy atom. The van der Waals surface area contributed by atoms with Gasteiger partial charge < -0.3 is 0 Å². The van der Waals surface area contributed by atoms with Crippen LogP contribution in [0.4, 0.5) is 29.6 Å². The summed E-state index contributed by atoms with van der Waals surface area (Å²) in [5.74, 6) is -0.161. The average Bonchev–Trinajstić information content (AvgIpc) is 2.30. The fraction of sp³-hybridized carbons (Fsp3) is 0. The van der Waals surface area contributed by atoms with E-state index in [0.717, 1.165) is 0 Å². The second kappa shape index (κ2) is 5.72. The summed E-state index contributed by atoms with van der Waals surface area (Å²) in [4.78, 5) is 0. The van der Waals surface area contributed by atoms with Gasteiger partial charge in [0, 0.05) is 0 Å². The molecule has 0 radical (unpaired) electrons. The third-order valence-electron chi connectivity index (χ3n) is 1.75. The van der Waals surface area contributed by atoms with Crippen LogP contribution in [0.1, 0.15) is 0 Å². The Morgan fingerprint density at radius 3 is 1.43 bits per heavy atom. The summed E-state index contributed by atoms with van der Waals surface area (Å²) in [5, 5.41) is 0. The van der Waals surface area contributed by atoms with Crippen molar-refractivity contribution in [3.05, 3.63) is 67.6 Å². The molecular weight excluding hydrogens is 435 g/mol. The molecule has 0 aliphatic carbocycles. The van der Waals surface area contributed by atoms with Crippen LogP contribution in [0.2, 0.25) is 0 Å². The average molecular weight is 444 g/mol. The van der Waals surface area contributed by atoms with Gasteiger partial charge in [0.2, 0.25) is 0 Å². The third-order valence-corrected chi connectivity index (χ3v) is 4.44. The van der Waals surface area contributed by atoms with Gasteiger partial charge in [-0.15, -0.1) is 0 Å². The molecule has 0 spiro atoms. The molecule has 2 rings (SSSR count). The first kappa shape index (κ1) is 18.2. The van der Waals surface area contributed by atoms with E-state index < -0.39 is 7.81 Å². The normalized spacial score (nSPS) is 14.4. The van der Waals surface area contributed by atoms with Gasteiger partial charge in [-0.25, -0.2) is 4.39 Å². The van der Waals surface area contributed by atoms with Gasteiger partial charge in [0.05, 0.1) is 0 Å². The Bertz CT molecular complexity index is 567. The standard InChI is InChI=1S/C12H9FI.F6P/c13-10-6-8-12(9-7-10)14-11-4-2-1-3-5-11;1-7(2,3,4,5)6/h1-9H;/q+1;-1. The van der Waals surface area contributed by atoms with Crippen LogP contribution in [0.15, 0.2) is 54.6 Å². The van der Waals surface area contributed by atoms with Crippen LogP contribution in [0.25, 0.3) is 0 Å². The molecule has 0 N–H and O–H groups in total. The number of hydrogen-bond donors (Lipinski definition) is 0. The van der Waals surface area contributed by atoms with E-state index in [2.05, 4.69) is 12.1 Å². The van der Waals surface area contributed by atoms with E-state index >= 15 is 0 Å². The number of benzene rings is 2. The fourth-order valence-corrected chi connectivity index (χ4v) is 3.31. The van der Waals surface area contributed by atoms with Crippen LogP contribution in [-0.2, 0) is 0 Å². The first-order valence-corrected chi connectivity index (χ1v) is 9.50. The van der Waals surface area contributed by atoms with Crippen LogP contribution in [0, 0.1) is 13.0 Å². The van der Waals surface area contributed by atoms with Gasteiger partial charge in [-0.1, -0.05) is 18.2 Å². The molecule has 2 aromatic rings. The molecule has 9 heteroatoms. The summed E-state index contributed by atoms with van der Waals surface area (Å²) in [5.41, 5.74) is 0. The van der Waals surface area contributed by atoms with Gasteiger partial charge in [0.15, 0.2) is 7.14 Å². The maximum Gasteiger partial charge on any atom is 0.357 e. The van der Waals surface area contributed by atoms with Gasteiger partial charge >= 0.3 is 54.2 Å². The number of hydrogen-bond acceptors (Lipinski definition) is 0. The summed E-state index contributed by atoms with van der Waals surface area (Å²) in [6.45, 7) is 0. The zero-order valence-electron chi connectivity index (χ0n) is 10.2. The van der Waals surface area contributed by atoms with E-state index in [1.165, 1.54) is 19.3 Å². The zero-order valence-corrected chi connectivity index (χ0v) is 13.2. The SMILES string of the molecule is F[P-](F)(F)(F)(F)F.Fc1ccc([I+]c2ccccc2)cc1.